The van der Waals surface area contributed by atoms with E-state index < -0.39 is 10.2 Å². The lowest BCUT2D eigenvalue weighted by Gasteiger charge is -2.33. The van der Waals surface area contributed by atoms with Crippen molar-refractivity contribution in [1.29, 1.82) is 0 Å². The van der Waals surface area contributed by atoms with E-state index in [1.807, 2.05) is 32.8 Å². The SMILES string of the molecule is CN(C)C(C)(C)CNS(=O)(=O)N(C)CCCNC1CC1. The Morgan fingerprint density at radius 3 is 2.30 bits per heavy atom. The van der Waals surface area contributed by atoms with Gasteiger partial charge in [-0.15, -0.1) is 0 Å². The van der Waals surface area contributed by atoms with Gasteiger partial charge in [-0.2, -0.15) is 12.7 Å². The fourth-order valence-electron chi connectivity index (χ4n) is 1.55. The van der Waals surface area contributed by atoms with Gasteiger partial charge in [0.2, 0.25) is 0 Å². The first-order valence-corrected chi connectivity index (χ1v) is 8.71. The van der Waals surface area contributed by atoms with Gasteiger partial charge in [-0.25, -0.2) is 4.72 Å². The molecule has 0 aromatic carbocycles. The minimum absolute atomic E-state index is 0.207. The maximum Gasteiger partial charge on any atom is 0.279 e. The molecule has 0 aromatic rings. The van der Waals surface area contributed by atoms with Crippen LogP contribution in [0.1, 0.15) is 33.1 Å². The highest BCUT2D eigenvalue weighted by Gasteiger charge is 2.25. The molecule has 1 aliphatic carbocycles. The molecule has 0 aromatic heterocycles. The molecule has 1 saturated carbocycles. The van der Waals surface area contributed by atoms with E-state index in [2.05, 4.69) is 10.0 Å². The van der Waals surface area contributed by atoms with Crippen LogP contribution in [0, 0.1) is 0 Å². The summed E-state index contributed by atoms with van der Waals surface area (Å²) in [5, 5.41) is 3.39. The summed E-state index contributed by atoms with van der Waals surface area (Å²) in [6, 6.07) is 0.677. The molecule has 20 heavy (non-hydrogen) atoms. The molecule has 1 aliphatic rings. The Morgan fingerprint density at radius 2 is 1.80 bits per heavy atom. The summed E-state index contributed by atoms with van der Waals surface area (Å²) in [5.41, 5.74) is -0.207. The second-order valence-corrected chi connectivity index (χ2v) is 8.30. The van der Waals surface area contributed by atoms with Crippen LogP contribution in [0.15, 0.2) is 0 Å². The summed E-state index contributed by atoms with van der Waals surface area (Å²) in [6.45, 7) is 5.84. The van der Waals surface area contributed by atoms with Crippen LogP contribution in [0.25, 0.3) is 0 Å². The summed E-state index contributed by atoms with van der Waals surface area (Å²) in [5.74, 6) is 0. The van der Waals surface area contributed by atoms with Crippen LogP contribution in [-0.4, -0.2) is 70.0 Å². The average Bonchev–Trinajstić information content (AvgIpc) is 3.16. The lowest BCUT2D eigenvalue weighted by atomic mass is 10.1. The van der Waals surface area contributed by atoms with Crippen molar-refractivity contribution in [2.45, 2.75) is 44.7 Å². The van der Waals surface area contributed by atoms with E-state index in [4.69, 9.17) is 0 Å². The number of hydrogen-bond acceptors (Lipinski definition) is 4. The maximum atomic E-state index is 12.1. The molecule has 0 bridgehead atoms. The summed E-state index contributed by atoms with van der Waals surface area (Å²) >= 11 is 0. The van der Waals surface area contributed by atoms with Gasteiger partial charge in [0.05, 0.1) is 0 Å². The van der Waals surface area contributed by atoms with Gasteiger partial charge < -0.3 is 10.2 Å². The zero-order valence-electron chi connectivity index (χ0n) is 13.4. The van der Waals surface area contributed by atoms with Crippen molar-refractivity contribution >= 4 is 10.2 Å². The molecule has 7 heteroatoms. The molecule has 0 radical (unpaired) electrons. The Labute approximate surface area is 124 Å². The van der Waals surface area contributed by atoms with Crippen molar-refractivity contribution in [3.63, 3.8) is 0 Å². The number of rotatable bonds is 10. The zero-order valence-corrected chi connectivity index (χ0v) is 14.3. The maximum absolute atomic E-state index is 12.1. The second-order valence-electron chi connectivity index (χ2n) is 6.44. The van der Waals surface area contributed by atoms with E-state index in [-0.39, 0.29) is 5.54 Å². The molecule has 0 aliphatic heterocycles. The van der Waals surface area contributed by atoms with E-state index in [0.717, 1.165) is 13.0 Å². The Kier molecular flexibility index (Phi) is 6.40. The highest BCUT2D eigenvalue weighted by molar-refractivity contribution is 7.87. The minimum Gasteiger partial charge on any atom is -0.314 e. The molecule has 6 nitrogen and oxygen atoms in total. The van der Waals surface area contributed by atoms with Gasteiger partial charge in [-0.05, 0) is 53.8 Å². The Balaban J connectivity index is 2.30. The van der Waals surface area contributed by atoms with Crippen LogP contribution in [0.2, 0.25) is 0 Å². The van der Waals surface area contributed by atoms with Gasteiger partial charge in [-0.3, -0.25) is 0 Å². The van der Waals surface area contributed by atoms with Crippen LogP contribution >= 0.6 is 0 Å². The predicted octanol–water partition coefficient (Wildman–Crippen LogP) is 0.235. The normalized spacial score (nSPS) is 17.1. The number of likely N-dealkylation sites (N-methyl/N-ethyl adjacent to an activating group) is 1. The molecule has 0 heterocycles. The van der Waals surface area contributed by atoms with Gasteiger partial charge in [0, 0.05) is 31.7 Å². The molecule has 1 fully saturated rings. The molecule has 0 unspecified atom stereocenters. The number of nitrogens with zero attached hydrogens (tertiary/aromatic N) is 2. The molecule has 0 amide bonds. The fraction of sp³-hybridized carbons (Fsp3) is 1.00. The molecular weight excluding hydrogens is 276 g/mol. The first-order chi connectivity index (χ1) is 9.15. The van der Waals surface area contributed by atoms with E-state index in [1.54, 1.807) is 7.05 Å². The smallest absolute Gasteiger partial charge is 0.279 e. The standard InChI is InChI=1S/C13H30N4O2S/c1-13(2,16(3)4)11-15-20(18,19)17(5)10-6-9-14-12-7-8-12/h12,14-15H,6-11H2,1-5H3. The Morgan fingerprint density at radius 1 is 1.20 bits per heavy atom. The van der Waals surface area contributed by atoms with Crippen LogP contribution in [0.3, 0.4) is 0 Å². The van der Waals surface area contributed by atoms with Crippen LogP contribution in [-0.2, 0) is 10.2 Å². The van der Waals surface area contributed by atoms with Gasteiger partial charge in [0.1, 0.15) is 0 Å². The lowest BCUT2D eigenvalue weighted by Crippen LogP contribution is -2.50. The number of nitrogens with one attached hydrogen (secondary N) is 2. The van der Waals surface area contributed by atoms with Crippen molar-refractivity contribution < 1.29 is 8.42 Å². The van der Waals surface area contributed by atoms with E-state index in [0.29, 0.717) is 19.1 Å². The quantitative estimate of drug-likeness (QED) is 0.567. The van der Waals surface area contributed by atoms with Crippen LogP contribution in [0.5, 0.6) is 0 Å². The van der Waals surface area contributed by atoms with E-state index in [9.17, 15) is 8.42 Å². The highest BCUT2D eigenvalue weighted by atomic mass is 32.2. The van der Waals surface area contributed by atoms with Crippen molar-refractivity contribution in [2.75, 3.05) is 40.8 Å². The van der Waals surface area contributed by atoms with Crippen molar-refractivity contribution in [3.8, 4) is 0 Å². The van der Waals surface area contributed by atoms with E-state index >= 15 is 0 Å². The summed E-state index contributed by atoms with van der Waals surface area (Å²) < 4.78 is 28.3. The lowest BCUT2D eigenvalue weighted by molar-refractivity contribution is 0.198. The van der Waals surface area contributed by atoms with Crippen LogP contribution in [0.4, 0.5) is 0 Å². The first-order valence-electron chi connectivity index (χ1n) is 7.27. The molecule has 0 spiro atoms. The van der Waals surface area contributed by atoms with Crippen molar-refractivity contribution in [1.82, 2.24) is 19.2 Å². The Hall–Kier alpha value is -0.210. The van der Waals surface area contributed by atoms with Gasteiger partial charge in [-0.1, -0.05) is 0 Å². The molecule has 0 saturated heterocycles. The second kappa shape index (κ2) is 7.17. The molecule has 1 rings (SSSR count). The van der Waals surface area contributed by atoms with E-state index in [1.165, 1.54) is 17.1 Å². The topological polar surface area (TPSA) is 64.7 Å². The minimum atomic E-state index is -3.38. The molecule has 2 N–H and O–H groups in total. The van der Waals surface area contributed by atoms with Crippen LogP contribution < -0.4 is 10.0 Å². The Bertz CT molecular complexity index is 391. The largest absolute Gasteiger partial charge is 0.314 e. The van der Waals surface area contributed by atoms with Gasteiger partial charge >= 0.3 is 0 Å². The third kappa shape index (κ3) is 6.05. The zero-order chi connectivity index (χ0) is 15.4. The molecule has 120 valence electrons. The summed E-state index contributed by atoms with van der Waals surface area (Å²) in [7, 11) is 2.14. The fourth-order valence-corrected chi connectivity index (χ4v) is 2.68. The molecule has 0 atom stereocenters. The summed E-state index contributed by atoms with van der Waals surface area (Å²) in [6.07, 6.45) is 3.36. The molecular formula is C13H30N4O2S. The average molecular weight is 306 g/mol. The van der Waals surface area contributed by atoms with Gasteiger partial charge in [0.15, 0.2) is 0 Å². The number of hydrogen-bond donors (Lipinski definition) is 2. The predicted molar refractivity (Wildman–Crippen MR) is 83.0 cm³/mol. The third-order valence-corrected chi connectivity index (χ3v) is 5.48. The first kappa shape index (κ1) is 17.8. The van der Waals surface area contributed by atoms with Crippen molar-refractivity contribution in [2.24, 2.45) is 0 Å². The highest BCUT2D eigenvalue weighted by Crippen LogP contribution is 2.18. The monoisotopic (exact) mass is 306 g/mol. The summed E-state index contributed by atoms with van der Waals surface area (Å²) in [4.78, 5) is 2.01. The van der Waals surface area contributed by atoms with Gasteiger partial charge in [0.25, 0.3) is 10.2 Å². The third-order valence-electron chi connectivity index (χ3n) is 3.97. The van der Waals surface area contributed by atoms with Crippen molar-refractivity contribution in [3.05, 3.63) is 0 Å².